The van der Waals surface area contributed by atoms with E-state index in [1.807, 2.05) is 27.7 Å². The van der Waals surface area contributed by atoms with Gasteiger partial charge < -0.3 is 20.6 Å². The van der Waals surface area contributed by atoms with Gasteiger partial charge in [0.25, 0.3) is 5.56 Å². The molecule has 1 aromatic heterocycles. The van der Waals surface area contributed by atoms with E-state index >= 15 is 0 Å². The smallest absolute Gasteiger partial charge is 0.254 e. The quantitative estimate of drug-likeness (QED) is 0.355. The number of nitrogens with one attached hydrogen (secondary N) is 2. The molecule has 188 valence electrons. The van der Waals surface area contributed by atoms with Gasteiger partial charge in [-0.1, -0.05) is 45.9 Å². The lowest BCUT2D eigenvalue weighted by Crippen LogP contribution is -2.49. The van der Waals surface area contributed by atoms with E-state index in [0.717, 1.165) is 4.57 Å². The number of rotatable bonds is 11. The first-order valence-corrected chi connectivity index (χ1v) is 13.5. The Morgan fingerprint density at radius 2 is 1.68 bits per heavy atom. The molecule has 1 aromatic carbocycles. The first-order chi connectivity index (χ1) is 15.8. The van der Waals surface area contributed by atoms with Crippen LogP contribution in [0.15, 0.2) is 35.1 Å². The monoisotopic (exact) mass is 493 g/mol. The Labute approximate surface area is 200 Å². The number of fused-ring (bicyclic) bond motifs is 1. The summed E-state index contributed by atoms with van der Waals surface area (Å²) in [6.07, 6.45) is -0.235. The maximum Gasteiger partial charge on any atom is 0.254 e. The highest BCUT2D eigenvalue weighted by Gasteiger charge is 2.33. The Morgan fingerprint density at radius 1 is 1.06 bits per heavy atom. The van der Waals surface area contributed by atoms with Crippen LogP contribution in [0.1, 0.15) is 40.5 Å². The number of amides is 2. The normalized spacial score (nSPS) is 15.2. The van der Waals surface area contributed by atoms with Crippen LogP contribution >= 0.6 is 7.37 Å². The van der Waals surface area contributed by atoms with Crippen LogP contribution in [0, 0.1) is 17.8 Å². The highest BCUT2D eigenvalue weighted by atomic mass is 31.2. The number of hydrogen-bond acceptors (Lipinski definition) is 5. The SMILES string of the molecule is CNC(=O)[C@H](CC(C)C)NC(=O)C(CC(C)C)CP(=O)(O)Cn1c(O)c2ccccc2cc1=O. The standard InChI is InChI=1S/C24H36N3O6P/c1-15(2)10-18(22(29)26-20(11-16(3)4)23(30)25-5)13-34(32,33)14-27-21(28)12-17-8-6-7-9-19(17)24(27)31/h6-9,12,15-16,18,20,31H,10-11,13-14H2,1-5H3,(H,25,30)(H,26,29)(H,32,33)/t18?,20-/m0/s1. The van der Waals surface area contributed by atoms with Crippen molar-refractivity contribution < 1.29 is 24.2 Å². The minimum absolute atomic E-state index is 0.0519. The van der Waals surface area contributed by atoms with Gasteiger partial charge in [-0.25, -0.2) is 0 Å². The van der Waals surface area contributed by atoms with Crippen LogP contribution in [0.3, 0.4) is 0 Å². The van der Waals surface area contributed by atoms with Crippen molar-refractivity contribution in [2.45, 2.75) is 52.9 Å². The van der Waals surface area contributed by atoms with Crippen molar-refractivity contribution in [3.05, 3.63) is 40.7 Å². The molecule has 0 aliphatic rings. The topological polar surface area (TPSA) is 138 Å². The number of benzene rings is 1. The van der Waals surface area contributed by atoms with Gasteiger partial charge >= 0.3 is 0 Å². The average Bonchev–Trinajstić information content (AvgIpc) is 2.74. The van der Waals surface area contributed by atoms with Gasteiger partial charge in [-0.3, -0.25) is 23.5 Å². The lowest BCUT2D eigenvalue weighted by Gasteiger charge is -2.25. The first kappa shape index (κ1) is 27.6. The Morgan fingerprint density at radius 3 is 2.26 bits per heavy atom. The number of aromatic hydroxyl groups is 1. The van der Waals surface area contributed by atoms with E-state index < -0.39 is 37.1 Å². The van der Waals surface area contributed by atoms with Crippen molar-refractivity contribution in [2.24, 2.45) is 17.8 Å². The Kier molecular flexibility index (Phi) is 9.47. The summed E-state index contributed by atoms with van der Waals surface area (Å²) in [5, 5.41) is 16.8. The molecule has 2 unspecified atom stereocenters. The Balaban J connectivity index is 2.29. The molecule has 0 saturated carbocycles. The van der Waals surface area contributed by atoms with E-state index in [1.165, 1.54) is 13.1 Å². The van der Waals surface area contributed by atoms with Crippen LogP contribution in [-0.4, -0.2) is 45.6 Å². The van der Waals surface area contributed by atoms with E-state index in [-0.39, 0.29) is 29.8 Å². The first-order valence-electron chi connectivity index (χ1n) is 11.5. The number of likely N-dealkylation sites (N-methyl/N-ethyl adjacent to an activating group) is 1. The van der Waals surface area contributed by atoms with Crippen LogP contribution in [0.4, 0.5) is 0 Å². The molecule has 3 atom stereocenters. The Bertz CT molecular complexity index is 1130. The van der Waals surface area contributed by atoms with Crippen LogP contribution in [-0.2, 0) is 20.4 Å². The van der Waals surface area contributed by atoms with Crippen molar-refractivity contribution >= 4 is 30.0 Å². The minimum Gasteiger partial charge on any atom is -0.494 e. The van der Waals surface area contributed by atoms with Gasteiger partial charge in [-0.05, 0) is 36.1 Å². The fourth-order valence-electron chi connectivity index (χ4n) is 4.05. The van der Waals surface area contributed by atoms with Crippen LogP contribution < -0.4 is 16.2 Å². The number of hydrogen-bond donors (Lipinski definition) is 4. The third-order valence-corrected chi connectivity index (χ3v) is 7.32. The van der Waals surface area contributed by atoms with Gasteiger partial charge in [0.05, 0.1) is 0 Å². The third-order valence-electron chi connectivity index (χ3n) is 5.58. The summed E-state index contributed by atoms with van der Waals surface area (Å²) in [5.41, 5.74) is -0.605. The zero-order chi connectivity index (χ0) is 25.6. The highest BCUT2D eigenvalue weighted by Crippen LogP contribution is 2.46. The van der Waals surface area contributed by atoms with Crippen molar-refractivity contribution in [1.29, 1.82) is 0 Å². The van der Waals surface area contributed by atoms with Crippen LogP contribution in [0.2, 0.25) is 0 Å². The van der Waals surface area contributed by atoms with Gasteiger partial charge in [0.15, 0.2) is 0 Å². The summed E-state index contributed by atoms with van der Waals surface area (Å²) in [7, 11) is -2.58. The summed E-state index contributed by atoms with van der Waals surface area (Å²) in [6.45, 7) is 7.66. The van der Waals surface area contributed by atoms with Gasteiger partial charge in [0.2, 0.25) is 25.1 Å². The van der Waals surface area contributed by atoms with Crippen LogP contribution in [0.5, 0.6) is 5.88 Å². The van der Waals surface area contributed by atoms with E-state index in [1.54, 1.807) is 24.3 Å². The van der Waals surface area contributed by atoms with E-state index in [2.05, 4.69) is 10.6 Å². The molecule has 2 aromatic rings. The number of nitrogens with zero attached hydrogens (tertiary/aromatic N) is 1. The fraction of sp³-hybridized carbons (Fsp3) is 0.542. The molecule has 0 fully saturated rings. The second kappa shape index (κ2) is 11.7. The van der Waals surface area contributed by atoms with E-state index in [0.29, 0.717) is 23.6 Å². The summed E-state index contributed by atoms with van der Waals surface area (Å²) in [5.74, 6) is -1.83. The molecule has 0 radical (unpaired) electrons. The molecule has 0 saturated heterocycles. The van der Waals surface area contributed by atoms with Gasteiger partial charge in [-0.15, -0.1) is 0 Å². The number of pyridine rings is 1. The van der Waals surface area contributed by atoms with E-state index in [4.69, 9.17) is 0 Å². The molecule has 9 nitrogen and oxygen atoms in total. The third kappa shape index (κ3) is 7.43. The number of carbonyl (C=O) groups is 2. The van der Waals surface area contributed by atoms with Gasteiger partial charge in [0.1, 0.15) is 12.3 Å². The average molecular weight is 494 g/mol. The molecular formula is C24H36N3O6P. The number of aromatic nitrogens is 1. The van der Waals surface area contributed by atoms with Gasteiger partial charge in [0, 0.05) is 30.6 Å². The molecule has 2 amide bonds. The summed E-state index contributed by atoms with van der Waals surface area (Å²) in [4.78, 5) is 48.6. The molecule has 10 heteroatoms. The molecule has 0 aliphatic heterocycles. The maximum absolute atomic E-state index is 13.2. The molecule has 0 aliphatic carbocycles. The summed E-state index contributed by atoms with van der Waals surface area (Å²) < 4.78 is 14.1. The molecule has 0 spiro atoms. The Hall–Kier alpha value is -2.64. The fourth-order valence-corrected chi connectivity index (χ4v) is 5.88. The maximum atomic E-state index is 13.2. The minimum atomic E-state index is -4.07. The molecule has 2 rings (SSSR count). The molecule has 0 bridgehead atoms. The number of carbonyl (C=O) groups excluding carboxylic acids is 2. The van der Waals surface area contributed by atoms with Gasteiger partial charge in [-0.2, -0.15) is 0 Å². The summed E-state index contributed by atoms with van der Waals surface area (Å²) in [6, 6.07) is 7.25. The molecule has 1 heterocycles. The molecule has 4 N–H and O–H groups in total. The second-order valence-electron chi connectivity index (χ2n) is 9.62. The molecular weight excluding hydrogens is 457 g/mol. The second-order valence-corrected chi connectivity index (χ2v) is 12.0. The molecule has 34 heavy (non-hydrogen) atoms. The lowest BCUT2D eigenvalue weighted by molar-refractivity contribution is -0.131. The lowest BCUT2D eigenvalue weighted by atomic mass is 9.96. The largest absolute Gasteiger partial charge is 0.494 e. The van der Waals surface area contributed by atoms with E-state index in [9.17, 15) is 28.9 Å². The van der Waals surface area contributed by atoms with Crippen molar-refractivity contribution in [3.63, 3.8) is 0 Å². The highest BCUT2D eigenvalue weighted by molar-refractivity contribution is 7.56. The predicted octanol–water partition coefficient (Wildman–Crippen LogP) is 2.87. The van der Waals surface area contributed by atoms with Crippen molar-refractivity contribution in [1.82, 2.24) is 15.2 Å². The summed E-state index contributed by atoms with van der Waals surface area (Å²) >= 11 is 0. The zero-order valence-corrected chi connectivity index (χ0v) is 21.3. The van der Waals surface area contributed by atoms with Crippen molar-refractivity contribution in [2.75, 3.05) is 13.2 Å². The van der Waals surface area contributed by atoms with Crippen LogP contribution in [0.25, 0.3) is 10.8 Å². The van der Waals surface area contributed by atoms with Crippen molar-refractivity contribution in [3.8, 4) is 5.88 Å². The zero-order valence-electron chi connectivity index (χ0n) is 20.4. The predicted molar refractivity (Wildman–Crippen MR) is 133 cm³/mol.